The van der Waals surface area contributed by atoms with Crippen molar-refractivity contribution >= 4 is 12.1 Å². The van der Waals surface area contributed by atoms with Crippen molar-refractivity contribution in [2.24, 2.45) is 5.92 Å². The van der Waals surface area contributed by atoms with E-state index in [9.17, 15) is 14.7 Å². The van der Waals surface area contributed by atoms with Crippen LogP contribution in [-0.2, 0) is 9.53 Å². The fourth-order valence-corrected chi connectivity index (χ4v) is 2.24. The number of rotatable bonds is 4. The summed E-state index contributed by atoms with van der Waals surface area (Å²) in [5.41, 5.74) is -0.547. The molecule has 1 saturated heterocycles. The average molecular weight is 286 g/mol. The van der Waals surface area contributed by atoms with Crippen molar-refractivity contribution in [2.75, 3.05) is 6.54 Å². The predicted octanol–water partition coefficient (Wildman–Crippen LogP) is 2.04. The van der Waals surface area contributed by atoms with Crippen LogP contribution in [0.2, 0.25) is 0 Å². The van der Waals surface area contributed by atoms with Gasteiger partial charge in [-0.05, 0) is 39.5 Å². The van der Waals surface area contributed by atoms with E-state index in [-0.39, 0.29) is 18.2 Å². The number of amides is 1. The third-order valence-corrected chi connectivity index (χ3v) is 3.19. The molecule has 0 unspecified atom stereocenters. The van der Waals surface area contributed by atoms with E-state index < -0.39 is 17.6 Å². The van der Waals surface area contributed by atoms with E-state index in [1.165, 1.54) is 0 Å². The van der Waals surface area contributed by atoms with Crippen LogP contribution in [0.4, 0.5) is 4.79 Å². The van der Waals surface area contributed by atoms with Gasteiger partial charge >= 0.3 is 12.1 Å². The lowest BCUT2D eigenvalue weighted by Crippen LogP contribution is -2.53. The second kappa shape index (κ2) is 6.43. The first-order valence-electron chi connectivity index (χ1n) is 7.10. The van der Waals surface area contributed by atoms with Gasteiger partial charge in [-0.25, -0.2) is 4.79 Å². The molecule has 1 aliphatic rings. The topological polar surface area (TPSA) is 78.9 Å². The molecule has 2 atom stereocenters. The molecule has 0 aromatic rings. The highest BCUT2D eigenvalue weighted by Crippen LogP contribution is 2.20. The number of carbonyl (C=O) groups is 2. The molecule has 1 heterocycles. The van der Waals surface area contributed by atoms with Gasteiger partial charge in [0.2, 0.25) is 0 Å². The molecule has 1 fully saturated rings. The van der Waals surface area contributed by atoms with Gasteiger partial charge in [0.05, 0.1) is 6.17 Å². The summed E-state index contributed by atoms with van der Waals surface area (Å²) in [4.78, 5) is 24.9. The van der Waals surface area contributed by atoms with Gasteiger partial charge in [-0.2, -0.15) is 0 Å². The molecule has 0 aromatic carbocycles. The first kappa shape index (κ1) is 16.8. The van der Waals surface area contributed by atoms with Gasteiger partial charge in [0.15, 0.2) is 0 Å². The molecule has 6 nitrogen and oxygen atoms in total. The van der Waals surface area contributed by atoms with Crippen LogP contribution in [0.5, 0.6) is 0 Å². The highest BCUT2D eigenvalue weighted by molar-refractivity contribution is 5.74. The molecule has 0 aromatic heterocycles. The second-order valence-corrected chi connectivity index (χ2v) is 6.56. The van der Waals surface area contributed by atoms with Crippen molar-refractivity contribution in [1.82, 2.24) is 10.2 Å². The van der Waals surface area contributed by atoms with E-state index in [4.69, 9.17) is 4.74 Å². The van der Waals surface area contributed by atoms with Gasteiger partial charge < -0.3 is 9.84 Å². The normalized spacial score (nSPS) is 21.1. The van der Waals surface area contributed by atoms with Crippen molar-refractivity contribution < 1.29 is 19.4 Å². The number of nitrogens with zero attached hydrogens (tertiary/aromatic N) is 1. The zero-order chi connectivity index (χ0) is 15.5. The summed E-state index contributed by atoms with van der Waals surface area (Å²) < 4.78 is 5.35. The molecule has 6 heteroatoms. The summed E-state index contributed by atoms with van der Waals surface area (Å²) in [6.45, 7) is 9.74. The van der Waals surface area contributed by atoms with Gasteiger partial charge in [0, 0.05) is 6.54 Å². The standard InChI is InChI=1S/C14H26N2O4/c1-9(2)11(12(17)18)15-10-7-6-8-16(10)13(19)20-14(3,4)5/h9-11,15H,6-8H2,1-5H3,(H,17,18)/t10-,11+/m1/s1. The lowest BCUT2D eigenvalue weighted by atomic mass is 10.0. The van der Waals surface area contributed by atoms with Gasteiger partial charge in [-0.1, -0.05) is 13.8 Å². The number of carboxylic acids is 1. The maximum absolute atomic E-state index is 12.1. The third-order valence-electron chi connectivity index (χ3n) is 3.19. The Kier molecular flexibility index (Phi) is 5.39. The van der Waals surface area contributed by atoms with Crippen molar-refractivity contribution in [3.05, 3.63) is 0 Å². The number of aliphatic carboxylic acids is 1. The molecule has 0 radical (unpaired) electrons. The Hall–Kier alpha value is -1.30. The Morgan fingerprint density at radius 3 is 2.40 bits per heavy atom. The van der Waals surface area contributed by atoms with Crippen molar-refractivity contribution in [3.63, 3.8) is 0 Å². The van der Waals surface area contributed by atoms with Gasteiger partial charge in [0.1, 0.15) is 11.6 Å². The lowest BCUT2D eigenvalue weighted by Gasteiger charge is -2.31. The molecule has 116 valence electrons. The third kappa shape index (κ3) is 4.67. The molecule has 0 saturated carbocycles. The molecule has 0 bridgehead atoms. The van der Waals surface area contributed by atoms with E-state index in [0.29, 0.717) is 6.54 Å². The fourth-order valence-electron chi connectivity index (χ4n) is 2.24. The Balaban J connectivity index is 2.69. The van der Waals surface area contributed by atoms with Crippen LogP contribution in [0.15, 0.2) is 0 Å². The first-order chi connectivity index (χ1) is 9.11. The SMILES string of the molecule is CC(C)[C@H](N[C@H]1CCCN1C(=O)OC(C)(C)C)C(=O)O. The quantitative estimate of drug-likeness (QED) is 0.827. The number of carbonyl (C=O) groups excluding carboxylic acids is 1. The number of ether oxygens (including phenoxy) is 1. The smallest absolute Gasteiger partial charge is 0.411 e. The minimum Gasteiger partial charge on any atom is -0.480 e. The van der Waals surface area contributed by atoms with E-state index in [1.807, 2.05) is 34.6 Å². The minimum atomic E-state index is -0.893. The van der Waals surface area contributed by atoms with Crippen LogP contribution in [0.3, 0.4) is 0 Å². The van der Waals surface area contributed by atoms with E-state index in [1.54, 1.807) is 4.90 Å². The van der Waals surface area contributed by atoms with E-state index >= 15 is 0 Å². The number of hydrogen-bond donors (Lipinski definition) is 2. The van der Waals surface area contributed by atoms with Gasteiger partial charge in [0.25, 0.3) is 0 Å². The van der Waals surface area contributed by atoms with Crippen molar-refractivity contribution in [2.45, 2.75) is 65.3 Å². The van der Waals surface area contributed by atoms with Crippen LogP contribution in [0.1, 0.15) is 47.5 Å². The summed E-state index contributed by atoms with van der Waals surface area (Å²) >= 11 is 0. The summed E-state index contributed by atoms with van der Waals surface area (Å²) in [5.74, 6) is -0.940. The molecule has 0 spiro atoms. The molecule has 2 N–H and O–H groups in total. The highest BCUT2D eigenvalue weighted by Gasteiger charge is 2.35. The molecule has 0 aliphatic carbocycles. The van der Waals surface area contributed by atoms with Gasteiger partial charge in [-0.15, -0.1) is 0 Å². The summed E-state index contributed by atoms with van der Waals surface area (Å²) in [7, 11) is 0. The largest absolute Gasteiger partial charge is 0.480 e. The molecular formula is C14H26N2O4. The lowest BCUT2D eigenvalue weighted by molar-refractivity contribution is -0.141. The summed E-state index contributed by atoms with van der Waals surface area (Å²) in [6, 6.07) is -0.664. The zero-order valence-electron chi connectivity index (χ0n) is 13.0. The predicted molar refractivity (Wildman–Crippen MR) is 75.4 cm³/mol. The van der Waals surface area contributed by atoms with Crippen LogP contribution in [0, 0.1) is 5.92 Å². The average Bonchev–Trinajstić information content (AvgIpc) is 2.70. The van der Waals surface area contributed by atoms with Crippen LogP contribution in [-0.4, -0.2) is 46.4 Å². The number of carboxylic acid groups (broad SMARTS) is 1. The summed E-state index contributed by atoms with van der Waals surface area (Å²) in [5, 5.41) is 12.3. The number of hydrogen-bond acceptors (Lipinski definition) is 4. The maximum Gasteiger partial charge on any atom is 0.411 e. The monoisotopic (exact) mass is 286 g/mol. The molecule has 20 heavy (non-hydrogen) atoms. The van der Waals surface area contributed by atoms with Crippen molar-refractivity contribution in [1.29, 1.82) is 0 Å². The maximum atomic E-state index is 12.1. The van der Waals surface area contributed by atoms with E-state index in [0.717, 1.165) is 12.8 Å². The van der Waals surface area contributed by atoms with Crippen molar-refractivity contribution in [3.8, 4) is 0 Å². The molecule has 1 rings (SSSR count). The Morgan fingerprint density at radius 2 is 1.95 bits per heavy atom. The minimum absolute atomic E-state index is 0.0476. The zero-order valence-corrected chi connectivity index (χ0v) is 13.0. The Labute approximate surface area is 120 Å². The fraction of sp³-hybridized carbons (Fsp3) is 0.857. The second-order valence-electron chi connectivity index (χ2n) is 6.56. The molecule has 1 aliphatic heterocycles. The summed E-state index contributed by atoms with van der Waals surface area (Å²) in [6.07, 6.45) is 0.936. The first-order valence-corrected chi connectivity index (χ1v) is 7.10. The van der Waals surface area contributed by atoms with Crippen LogP contribution < -0.4 is 5.32 Å². The van der Waals surface area contributed by atoms with E-state index in [2.05, 4.69) is 5.32 Å². The highest BCUT2D eigenvalue weighted by atomic mass is 16.6. The Bertz CT molecular complexity index is 363. The number of likely N-dealkylation sites (tertiary alicyclic amines) is 1. The molecular weight excluding hydrogens is 260 g/mol. The molecule has 1 amide bonds. The number of nitrogens with one attached hydrogen (secondary N) is 1. The van der Waals surface area contributed by atoms with Crippen LogP contribution >= 0.6 is 0 Å². The van der Waals surface area contributed by atoms with Crippen LogP contribution in [0.25, 0.3) is 0 Å². The Morgan fingerprint density at radius 1 is 1.35 bits per heavy atom. The van der Waals surface area contributed by atoms with Gasteiger partial charge in [-0.3, -0.25) is 15.0 Å².